The highest BCUT2D eigenvalue weighted by Gasteiger charge is 2.37. The van der Waals surface area contributed by atoms with E-state index in [1.807, 2.05) is 0 Å². The van der Waals surface area contributed by atoms with Gasteiger partial charge in [0.2, 0.25) is 0 Å². The molecule has 0 saturated heterocycles. The van der Waals surface area contributed by atoms with Crippen molar-refractivity contribution in [2.45, 2.75) is 43.9 Å². The molecule has 0 bridgehead atoms. The van der Waals surface area contributed by atoms with Gasteiger partial charge >= 0.3 is 0 Å². The molecule has 1 atom stereocenters. The lowest BCUT2D eigenvalue weighted by molar-refractivity contribution is 0.729. The van der Waals surface area contributed by atoms with Gasteiger partial charge in [-0.2, -0.15) is 0 Å². The Bertz CT molecular complexity index is 248. The van der Waals surface area contributed by atoms with E-state index in [4.69, 9.17) is 0 Å². The fourth-order valence-corrected chi connectivity index (χ4v) is 5.33. The summed E-state index contributed by atoms with van der Waals surface area (Å²) >= 11 is 3.60. The van der Waals surface area contributed by atoms with E-state index in [0.717, 1.165) is 11.8 Å². The summed E-state index contributed by atoms with van der Waals surface area (Å²) in [5.74, 6) is 0. The average Bonchev–Trinajstić information content (AvgIpc) is 2.17. The van der Waals surface area contributed by atoms with Gasteiger partial charge in [-0.15, -0.1) is 0 Å². The topological polar surface area (TPSA) is 0 Å². The molecule has 0 aromatic rings. The van der Waals surface area contributed by atoms with Crippen molar-refractivity contribution in [3.63, 3.8) is 0 Å². The van der Waals surface area contributed by atoms with Crippen molar-refractivity contribution >= 4 is 23.9 Å². The largest absolute Gasteiger partial charge is 0.0927 e. The molecule has 0 spiro atoms. The van der Waals surface area contributed by atoms with Crippen LogP contribution in [-0.2, 0) is 0 Å². The molecule has 0 aliphatic heterocycles. The maximum absolute atomic E-state index is 3.60. The van der Waals surface area contributed by atoms with E-state index < -0.39 is 0 Å². The van der Waals surface area contributed by atoms with Crippen LogP contribution in [0.2, 0.25) is 0 Å². The normalized spacial score (nSPS) is 21.7. The summed E-state index contributed by atoms with van der Waals surface area (Å²) in [5, 5.41) is 1.84. The minimum atomic E-state index is -0.0335. The van der Waals surface area contributed by atoms with Gasteiger partial charge in [0.25, 0.3) is 0 Å². The van der Waals surface area contributed by atoms with E-state index in [9.17, 15) is 0 Å². The van der Waals surface area contributed by atoms with Crippen molar-refractivity contribution in [1.82, 2.24) is 0 Å². The highest BCUT2D eigenvalue weighted by Crippen LogP contribution is 2.60. The van der Waals surface area contributed by atoms with Gasteiger partial charge in [0.1, 0.15) is 0 Å². The van der Waals surface area contributed by atoms with E-state index >= 15 is 0 Å². The quantitative estimate of drug-likeness (QED) is 0.392. The smallest absolute Gasteiger partial charge is 0.0272 e. The molecule has 86 valence electrons. The van der Waals surface area contributed by atoms with Crippen LogP contribution in [0.5, 0.6) is 0 Å². The zero-order chi connectivity index (χ0) is 11.5. The summed E-state index contributed by atoms with van der Waals surface area (Å²) < 4.78 is 0. The monoisotopic (exact) mass is 288 g/mol. The Labute approximate surface area is 104 Å². The summed E-state index contributed by atoms with van der Waals surface area (Å²) in [4.78, 5) is 0. The van der Waals surface area contributed by atoms with Crippen molar-refractivity contribution in [2.75, 3.05) is 12.0 Å². The van der Waals surface area contributed by atoms with Crippen molar-refractivity contribution in [2.24, 2.45) is 0 Å². The highest BCUT2D eigenvalue weighted by atomic mass is 79.9. The Morgan fingerprint density at radius 2 is 1.80 bits per heavy atom. The lowest BCUT2D eigenvalue weighted by atomic mass is 9.99. The maximum atomic E-state index is 3.60. The maximum Gasteiger partial charge on any atom is 0.0272 e. The molecule has 2 heteroatoms. The van der Waals surface area contributed by atoms with Crippen LogP contribution in [0.15, 0.2) is 24.3 Å². The minimum absolute atomic E-state index is 0.0335. The molecule has 15 heavy (non-hydrogen) atoms. The van der Waals surface area contributed by atoms with E-state index in [1.165, 1.54) is 6.42 Å². The Hall–Kier alpha value is 0.390. The van der Waals surface area contributed by atoms with Crippen LogP contribution in [0.1, 0.15) is 33.6 Å². The number of halogens is 1. The Balaban J connectivity index is 2.95. The summed E-state index contributed by atoms with van der Waals surface area (Å²) in [5.41, 5.74) is 0. The third-order valence-corrected chi connectivity index (χ3v) is 7.39. The lowest BCUT2D eigenvalue weighted by Crippen LogP contribution is -2.30. The van der Waals surface area contributed by atoms with E-state index in [2.05, 4.69) is 67.7 Å². The van der Waals surface area contributed by atoms with Gasteiger partial charge in [0.05, 0.1) is 0 Å². The summed E-state index contributed by atoms with van der Waals surface area (Å²) in [6.45, 7) is 9.54. The summed E-state index contributed by atoms with van der Waals surface area (Å²) in [6.07, 6.45) is 11.9. The Kier molecular flexibility index (Phi) is 4.62. The van der Waals surface area contributed by atoms with E-state index in [0.29, 0.717) is 10.3 Å². The van der Waals surface area contributed by atoms with Crippen molar-refractivity contribution in [3.05, 3.63) is 24.3 Å². The second kappa shape index (κ2) is 5.15. The number of allylic oxidation sites excluding steroid dienone is 4. The molecule has 0 radical (unpaired) electrons. The van der Waals surface area contributed by atoms with Crippen LogP contribution < -0.4 is 0 Å². The Morgan fingerprint density at radius 3 is 2.20 bits per heavy atom. The third-order valence-electron chi connectivity index (χ3n) is 3.21. The van der Waals surface area contributed by atoms with Gasteiger partial charge in [-0.05, 0) is 24.7 Å². The van der Waals surface area contributed by atoms with Gasteiger partial charge in [0.15, 0.2) is 0 Å². The lowest BCUT2D eigenvalue weighted by Gasteiger charge is -2.43. The highest BCUT2D eigenvalue weighted by molar-refractivity contribution is 9.09. The molecule has 1 aliphatic rings. The van der Waals surface area contributed by atoms with Gasteiger partial charge in [0, 0.05) is 10.5 Å². The van der Waals surface area contributed by atoms with E-state index in [1.54, 1.807) is 0 Å². The predicted molar refractivity (Wildman–Crippen MR) is 76.6 cm³/mol. The number of hydrogen-bond acceptors (Lipinski definition) is 0. The number of alkyl halides is 1. The van der Waals surface area contributed by atoms with Crippen LogP contribution in [0, 0.1) is 0 Å². The van der Waals surface area contributed by atoms with Crippen molar-refractivity contribution in [3.8, 4) is 0 Å². The SMILES string of the molecule is CP(C(C)(C)C)C1(CCBr)C=CCC=C1. The first-order chi connectivity index (χ1) is 6.92. The predicted octanol–water partition coefficient (Wildman–Crippen LogP) is 4.94. The fraction of sp³-hybridized carbons (Fsp3) is 0.692. The van der Waals surface area contributed by atoms with E-state index in [-0.39, 0.29) is 7.92 Å². The minimum Gasteiger partial charge on any atom is -0.0927 e. The molecular weight excluding hydrogens is 267 g/mol. The molecule has 1 rings (SSSR count). The van der Waals surface area contributed by atoms with Gasteiger partial charge in [-0.25, -0.2) is 0 Å². The molecule has 0 N–H and O–H groups in total. The van der Waals surface area contributed by atoms with Gasteiger partial charge in [-0.3, -0.25) is 0 Å². The van der Waals surface area contributed by atoms with Crippen LogP contribution in [0.4, 0.5) is 0 Å². The molecule has 0 amide bonds. The zero-order valence-electron chi connectivity index (χ0n) is 10.3. The zero-order valence-corrected chi connectivity index (χ0v) is 12.7. The fourth-order valence-electron chi connectivity index (χ4n) is 2.01. The molecule has 1 aliphatic carbocycles. The number of rotatable bonds is 3. The molecule has 0 aromatic heterocycles. The molecule has 0 saturated carbocycles. The van der Waals surface area contributed by atoms with Crippen molar-refractivity contribution < 1.29 is 0 Å². The average molecular weight is 289 g/mol. The molecule has 0 heterocycles. The first-order valence-electron chi connectivity index (χ1n) is 5.58. The van der Waals surface area contributed by atoms with Crippen LogP contribution in [0.25, 0.3) is 0 Å². The Morgan fingerprint density at radius 1 is 1.27 bits per heavy atom. The molecule has 0 fully saturated rings. The van der Waals surface area contributed by atoms with Crippen LogP contribution in [-0.4, -0.2) is 22.3 Å². The first kappa shape index (κ1) is 13.5. The first-order valence-corrected chi connectivity index (χ1v) is 8.49. The summed E-state index contributed by atoms with van der Waals surface area (Å²) in [7, 11) is -0.0335. The second-order valence-corrected chi connectivity index (χ2v) is 9.29. The second-order valence-electron chi connectivity index (χ2n) is 5.20. The van der Waals surface area contributed by atoms with Gasteiger partial charge < -0.3 is 0 Å². The third kappa shape index (κ3) is 3.17. The van der Waals surface area contributed by atoms with Crippen molar-refractivity contribution in [1.29, 1.82) is 0 Å². The van der Waals surface area contributed by atoms with Crippen LogP contribution >= 0.6 is 23.9 Å². The molecule has 0 aromatic carbocycles. The molecule has 1 unspecified atom stereocenters. The standard InChI is InChI=1S/C13H22BrP/c1-12(2,3)15(4)13(10-11-14)8-6-5-7-9-13/h6-9H,5,10-11H2,1-4H3. The molecular formula is C13H22BrP. The summed E-state index contributed by atoms with van der Waals surface area (Å²) in [6, 6.07) is 0. The van der Waals surface area contributed by atoms with Crippen LogP contribution in [0.3, 0.4) is 0 Å². The molecule has 0 nitrogen and oxygen atoms in total. The number of hydrogen-bond donors (Lipinski definition) is 0. The van der Waals surface area contributed by atoms with Gasteiger partial charge in [-0.1, -0.05) is 68.9 Å².